The van der Waals surface area contributed by atoms with Crippen molar-refractivity contribution in [2.24, 2.45) is 0 Å². The maximum Gasteiger partial charge on any atom is 0.334 e. The number of fused-ring (bicyclic) bond motifs is 1. The molecule has 128 valence electrons. The number of morpholine rings is 1. The quantitative estimate of drug-likeness (QED) is 0.870. The standard InChI is InChI=1S/C17H20N2O5/c1-10-8-18(9-15(24-10)17(22)23)16(21)13-3-4-14-12(7-13)5-6-19(14)11(2)20/h3-4,7,10,15H,5-6,8-9H2,1-2H3,(H,22,23)/t10-,15?/m1/s1. The van der Waals surface area contributed by atoms with E-state index in [1.807, 2.05) is 0 Å². The van der Waals surface area contributed by atoms with Crippen molar-refractivity contribution in [3.63, 3.8) is 0 Å². The van der Waals surface area contributed by atoms with Crippen LogP contribution in [-0.2, 0) is 20.7 Å². The summed E-state index contributed by atoms with van der Waals surface area (Å²) in [5, 5.41) is 9.13. The number of amides is 2. The molecule has 7 nitrogen and oxygen atoms in total. The Bertz CT molecular complexity index is 702. The second-order valence-corrected chi connectivity index (χ2v) is 6.25. The van der Waals surface area contributed by atoms with Gasteiger partial charge in [0.15, 0.2) is 6.10 Å². The van der Waals surface area contributed by atoms with E-state index in [4.69, 9.17) is 9.84 Å². The van der Waals surface area contributed by atoms with Crippen molar-refractivity contribution >= 4 is 23.5 Å². The van der Waals surface area contributed by atoms with Gasteiger partial charge in [-0.05, 0) is 37.1 Å². The first kappa shape index (κ1) is 16.4. The summed E-state index contributed by atoms with van der Waals surface area (Å²) in [6.07, 6.45) is -0.611. The average Bonchev–Trinajstić information content (AvgIpc) is 2.96. The second kappa shape index (κ2) is 6.24. The van der Waals surface area contributed by atoms with Crippen LogP contribution in [0, 0.1) is 0 Å². The smallest absolute Gasteiger partial charge is 0.334 e. The van der Waals surface area contributed by atoms with Crippen LogP contribution in [0.25, 0.3) is 0 Å². The van der Waals surface area contributed by atoms with Gasteiger partial charge in [0.05, 0.1) is 12.6 Å². The molecule has 3 rings (SSSR count). The molecule has 1 saturated heterocycles. The molecule has 1 aromatic rings. The molecule has 0 aliphatic carbocycles. The summed E-state index contributed by atoms with van der Waals surface area (Å²) >= 11 is 0. The topological polar surface area (TPSA) is 87.2 Å². The number of nitrogens with zero attached hydrogens (tertiary/aromatic N) is 2. The highest BCUT2D eigenvalue weighted by Crippen LogP contribution is 2.29. The number of carbonyl (C=O) groups excluding carboxylic acids is 2. The van der Waals surface area contributed by atoms with Gasteiger partial charge in [-0.1, -0.05) is 0 Å². The van der Waals surface area contributed by atoms with Crippen LogP contribution < -0.4 is 4.90 Å². The molecule has 2 atom stereocenters. The number of carboxylic acids is 1. The zero-order chi connectivity index (χ0) is 17.4. The van der Waals surface area contributed by atoms with E-state index < -0.39 is 12.1 Å². The first-order valence-corrected chi connectivity index (χ1v) is 7.95. The van der Waals surface area contributed by atoms with E-state index in [0.29, 0.717) is 25.1 Å². The zero-order valence-electron chi connectivity index (χ0n) is 13.7. The van der Waals surface area contributed by atoms with Crippen LogP contribution >= 0.6 is 0 Å². The summed E-state index contributed by atoms with van der Waals surface area (Å²) in [5.74, 6) is -1.29. The van der Waals surface area contributed by atoms with Gasteiger partial charge in [0.25, 0.3) is 5.91 Å². The summed E-state index contributed by atoms with van der Waals surface area (Å²) in [6, 6.07) is 5.28. The number of carboxylic acid groups (broad SMARTS) is 1. The van der Waals surface area contributed by atoms with Crippen molar-refractivity contribution in [2.45, 2.75) is 32.5 Å². The normalized spacial score (nSPS) is 23.1. The molecule has 0 bridgehead atoms. The first-order chi connectivity index (χ1) is 11.4. The Morgan fingerprint density at radius 2 is 2.00 bits per heavy atom. The number of ether oxygens (including phenoxy) is 1. The minimum absolute atomic E-state index is 0.0147. The molecule has 0 radical (unpaired) electrons. The molecule has 1 unspecified atom stereocenters. The van der Waals surface area contributed by atoms with Crippen LogP contribution in [0.4, 0.5) is 5.69 Å². The van der Waals surface area contributed by atoms with Crippen LogP contribution in [0.3, 0.4) is 0 Å². The second-order valence-electron chi connectivity index (χ2n) is 6.25. The van der Waals surface area contributed by atoms with Crippen molar-refractivity contribution < 1.29 is 24.2 Å². The Morgan fingerprint density at radius 3 is 2.67 bits per heavy atom. The fourth-order valence-corrected chi connectivity index (χ4v) is 3.30. The number of anilines is 1. The molecular weight excluding hydrogens is 312 g/mol. The minimum atomic E-state index is -1.06. The lowest BCUT2D eigenvalue weighted by Gasteiger charge is -2.35. The van der Waals surface area contributed by atoms with E-state index in [0.717, 1.165) is 11.3 Å². The molecule has 1 N–H and O–H groups in total. The Balaban J connectivity index is 1.81. The van der Waals surface area contributed by atoms with Crippen molar-refractivity contribution in [3.8, 4) is 0 Å². The van der Waals surface area contributed by atoms with Gasteiger partial charge in [0.2, 0.25) is 5.91 Å². The fraction of sp³-hybridized carbons (Fsp3) is 0.471. The highest BCUT2D eigenvalue weighted by atomic mass is 16.5. The minimum Gasteiger partial charge on any atom is -0.479 e. The van der Waals surface area contributed by atoms with Crippen molar-refractivity contribution in [3.05, 3.63) is 29.3 Å². The third-order valence-electron chi connectivity index (χ3n) is 4.43. The molecule has 2 amide bonds. The molecule has 1 fully saturated rings. The third-order valence-corrected chi connectivity index (χ3v) is 4.43. The molecule has 1 aromatic carbocycles. The maximum absolute atomic E-state index is 12.7. The van der Waals surface area contributed by atoms with E-state index >= 15 is 0 Å². The number of benzene rings is 1. The Kier molecular flexibility index (Phi) is 4.28. The summed E-state index contributed by atoms with van der Waals surface area (Å²) in [5.41, 5.74) is 2.32. The van der Waals surface area contributed by atoms with E-state index in [-0.39, 0.29) is 24.5 Å². The van der Waals surface area contributed by atoms with E-state index in [9.17, 15) is 14.4 Å². The van der Waals surface area contributed by atoms with Crippen LogP contribution in [0.15, 0.2) is 18.2 Å². The molecule has 24 heavy (non-hydrogen) atoms. The van der Waals surface area contributed by atoms with Crippen molar-refractivity contribution in [1.29, 1.82) is 0 Å². The lowest BCUT2D eigenvalue weighted by Crippen LogP contribution is -2.51. The van der Waals surface area contributed by atoms with E-state index in [2.05, 4.69) is 0 Å². The predicted octanol–water partition coefficient (Wildman–Crippen LogP) is 0.910. The summed E-state index contributed by atoms with van der Waals surface area (Å²) in [4.78, 5) is 38.7. The number of hydrogen-bond donors (Lipinski definition) is 1. The van der Waals surface area contributed by atoms with Gasteiger partial charge < -0.3 is 19.6 Å². The van der Waals surface area contributed by atoms with Crippen LogP contribution in [0.5, 0.6) is 0 Å². The van der Waals surface area contributed by atoms with Gasteiger partial charge in [-0.25, -0.2) is 4.79 Å². The van der Waals surface area contributed by atoms with Gasteiger partial charge in [0, 0.05) is 31.3 Å². The Morgan fingerprint density at radius 1 is 1.25 bits per heavy atom. The number of aliphatic carboxylic acids is 1. The van der Waals surface area contributed by atoms with E-state index in [1.165, 1.54) is 11.8 Å². The number of hydrogen-bond acceptors (Lipinski definition) is 4. The van der Waals surface area contributed by atoms with Gasteiger partial charge in [-0.15, -0.1) is 0 Å². The van der Waals surface area contributed by atoms with Crippen LogP contribution in [0.1, 0.15) is 29.8 Å². The molecule has 2 aliphatic heterocycles. The highest BCUT2D eigenvalue weighted by Gasteiger charge is 2.33. The maximum atomic E-state index is 12.7. The van der Waals surface area contributed by atoms with Crippen LogP contribution in [-0.4, -0.2) is 59.6 Å². The number of carbonyl (C=O) groups is 3. The Hall–Kier alpha value is -2.41. The molecule has 0 aromatic heterocycles. The molecular formula is C17H20N2O5. The van der Waals surface area contributed by atoms with E-state index in [1.54, 1.807) is 30.0 Å². The molecule has 0 spiro atoms. The monoisotopic (exact) mass is 332 g/mol. The molecule has 2 aliphatic rings. The molecule has 7 heteroatoms. The summed E-state index contributed by atoms with van der Waals surface area (Å²) < 4.78 is 5.34. The third kappa shape index (κ3) is 2.99. The largest absolute Gasteiger partial charge is 0.479 e. The van der Waals surface area contributed by atoms with Gasteiger partial charge in [-0.3, -0.25) is 9.59 Å². The Labute approximate surface area is 139 Å². The van der Waals surface area contributed by atoms with Crippen molar-refractivity contribution in [1.82, 2.24) is 4.90 Å². The van der Waals surface area contributed by atoms with Crippen LogP contribution in [0.2, 0.25) is 0 Å². The highest BCUT2D eigenvalue weighted by molar-refractivity contribution is 5.98. The van der Waals surface area contributed by atoms with Gasteiger partial charge in [0.1, 0.15) is 0 Å². The predicted molar refractivity (Wildman–Crippen MR) is 86.0 cm³/mol. The number of rotatable bonds is 2. The first-order valence-electron chi connectivity index (χ1n) is 7.95. The molecule has 0 saturated carbocycles. The lowest BCUT2D eigenvalue weighted by atomic mass is 10.1. The summed E-state index contributed by atoms with van der Waals surface area (Å²) in [6.45, 7) is 4.30. The fourth-order valence-electron chi connectivity index (χ4n) is 3.30. The molecule has 2 heterocycles. The van der Waals surface area contributed by atoms with Gasteiger partial charge >= 0.3 is 5.97 Å². The van der Waals surface area contributed by atoms with Crippen molar-refractivity contribution in [2.75, 3.05) is 24.5 Å². The SMILES string of the molecule is CC(=O)N1CCc2cc(C(=O)N3CC(C(=O)O)O[C@H](C)C3)ccc21. The average molecular weight is 332 g/mol. The van der Waals surface area contributed by atoms with Gasteiger partial charge in [-0.2, -0.15) is 0 Å². The zero-order valence-corrected chi connectivity index (χ0v) is 13.7. The lowest BCUT2D eigenvalue weighted by molar-refractivity contribution is -0.160. The summed E-state index contributed by atoms with van der Waals surface area (Å²) in [7, 11) is 0.